The highest BCUT2D eigenvalue weighted by molar-refractivity contribution is 5.93. The molecule has 0 fully saturated rings. The Labute approximate surface area is 292 Å². The lowest BCUT2D eigenvalue weighted by atomic mass is 9.79. The van der Waals surface area contributed by atoms with Crippen molar-refractivity contribution in [3.8, 4) is 51.7 Å². The van der Waals surface area contributed by atoms with Crippen LogP contribution in [0.5, 0.6) is 51.7 Å². The van der Waals surface area contributed by atoms with Crippen molar-refractivity contribution in [3.63, 3.8) is 0 Å². The van der Waals surface area contributed by atoms with Crippen LogP contribution < -0.4 is 4.74 Å². The van der Waals surface area contributed by atoms with Gasteiger partial charge in [-0.15, -0.1) is 0 Å². The smallest absolute Gasteiger partial charge is 0.135 e. The fraction of sp³-hybridized carbons (Fsp3) is 0.0952. The standard InChI is InChI=1S/C42H32O9/c43-26-6-2-22(3-7-26)40-38(24-13-28(45)17-29(46)14-24)33(34-19-32(49)20-36(50)41(34)40)11-21-1-10-37-35(12-21)39(25-15-30(47)18-31(48)16-25)42(51-37)23-4-8-27(44)9-5-23/h1-20,38-40,42-50H/b33-11-/t38-,39+,40+,42-/m1/s1. The van der Waals surface area contributed by atoms with Gasteiger partial charge in [0.2, 0.25) is 0 Å². The number of hydrogen-bond acceptors (Lipinski definition) is 9. The lowest BCUT2D eigenvalue weighted by Gasteiger charge is -2.24. The average Bonchev–Trinajstić information content (AvgIpc) is 3.60. The number of rotatable bonds is 5. The molecule has 0 radical (unpaired) electrons. The number of phenols is 8. The van der Waals surface area contributed by atoms with Gasteiger partial charge >= 0.3 is 0 Å². The van der Waals surface area contributed by atoms with E-state index in [0.717, 1.165) is 22.3 Å². The molecule has 4 atom stereocenters. The predicted octanol–water partition coefficient (Wildman–Crippen LogP) is 8.07. The van der Waals surface area contributed by atoms with Crippen molar-refractivity contribution < 1.29 is 45.6 Å². The van der Waals surface area contributed by atoms with Gasteiger partial charge in [0.15, 0.2) is 0 Å². The summed E-state index contributed by atoms with van der Waals surface area (Å²) in [6, 6.07) is 30.5. The Kier molecular flexibility index (Phi) is 7.41. The minimum absolute atomic E-state index is 0.0646. The van der Waals surface area contributed by atoms with Crippen LogP contribution in [-0.2, 0) is 0 Å². The molecule has 8 rings (SSSR count). The largest absolute Gasteiger partial charge is 0.508 e. The number of hydrogen-bond donors (Lipinski definition) is 8. The lowest BCUT2D eigenvalue weighted by Crippen LogP contribution is -2.11. The van der Waals surface area contributed by atoms with Crippen LogP contribution in [0.15, 0.2) is 115 Å². The van der Waals surface area contributed by atoms with Gasteiger partial charge in [-0.2, -0.15) is 0 Å². The van der Waals surface area contributed by atoms with E-state index < -0.39 is 23.9 Å². The highest BCUT2D eigenvalue weighted by atomic mass is 16.5. The van der Waals surface area contributed by atoms with Crippen molar-refractivity contribution in [1.82, 2.24) is 0 Å². The number of allylic oxidation sites excluding steroid dienone is 1. The molecule has 0 unspecified atom stereocenters. The van der Waals surface area contributed by atoms with Crippen molar-refractivity contribution >= 4 is 11.6 Å². The number of aromatic hydroxyl groups is 8. The third kappa shape index (κ3) is 5.64. The molecule has 254 valence electrons. The van der Waals surface area contributed by atoms with E-state index >= 15 is 0 Å². The Morgan fingerprint density at radius 1 is 0.431 bits per heavy atom. The third-order valence-corrected chi connectivity index (χ3v) is 9.72. The second kappa shape index (κ2) is 12.0. The van der Waals surface area contributed by atoms with Crippen molar-refractivity contribution in [2.75, 3.05) is 0 Å². The summed E-state index contributed by atoms with van der Waals surface area (Å²) >= 11 is 0. The molecule has 1 heterocycles. The molecule has 6 aromatic carbocycles. The van der Waals surface area contributed by atoms with Gasteiger partial charge in [-0.25, -0.2) is 0 Å². The molecule has 2 aliphatic rings. The lowest BCUT2D eigenvalue weighted by molar-refractivity contribution is 0.222. The summed E-state index contributed by atoms with van der Waals surface area (Å²) in [4.78, 5) is 0. The summed E-state index contributed by atoms with van der Waals surface area (Å²) in [6.45, 7) is 0. The van der Waals surface area contributed by atoms with Gasteiger partial charge in [-0.3, -0.25) is 0 Å². The van der Waals surface area contributed by atoms with Gasteiger partial charge < -0.3 is 45.6 Å². The van der Waals surface area contributed by atoms with Gasteiger partial charge in [-0.1, -0.05) is 36.4 Å². The molecule has 0 spiro atoms. The first-order chi connectivity index (χ1) is 24.5. The molecule has 0 saturated carbocycles. The molecule has 0 aromatic heterocycles. The fourth-order valence-corrected chi connectivity index (χ4v) is 7.71. The van der Waals surface area contributed by atoms with Crippen LogP contribution in [0.1, 0.15) is 68.4 Å². The average molecular weight is 681 g/mol. The highest BCUT2D eigenvalue weighted by Gasteiger charge is 2.42. The normalized spacial score (nSPS) is 19.8. The molecule has 8 N–H and O–H groups in total. The van der Waals surface area contributed by atoms with E-state index in [2.05, 4.69) is 0 Å². The Bertz CT molecular complexity index is 2310. The van der Waals surface area contributed by atoms with Gasteiger partial charge in [-0.05, 0) is 106 Å². The molecule has 51 heavy (non-hydrogen) atoms. The molecule has 1 aliphatic heterocycles. The molecular formula is C42H32O9. The quantitative estimate of drug-likeness (QED) is 0.0897. The Morgan fingerprint density at radius 3 is 1.55 bits per heavy atom. The topological polar surface area (TPSA) is 171 Å². The number of ether oxygens (including phenoxy) is 1. The number of phenolic OH excluding ortho intramolecular Hbond substituents is 8. The van der Waals surface area contributed by atoms with E-state index in [1.165, 1.54) is 18.2 Å². The number of fused-ring (bicyclic) bond motifs is 2. The van der Waals surface area contributed by atoms with E-state index in [0.29, 0.717) is 33.6 Å². The van der Waals surface area contributed by atoms with Crippen LogP contribution in [-0.4, -0.2) is 40.9 Å². The Hall–Kier alpha value is -6.74. The maximum Gasteiger partial charge on any atom is 0.135 e. The van der Waals surface area contributed by atoms with Crippen molar-refractivity contribution in [2.45, 2.75) is 23.9 Å². The van der Waals surface area contributed by atoms with Crippen molar-refractivity contribution in [2.24, 2.45) is 0 Å². The van der Waals surface area contributed by atoms with Gasteiger partial charge in [0, 0.05) is 41.2 Å². The highest BCUT2D eigenvalue weighted by Crippen LogP contribution is 2.59. The van der Waals surface area contributed by atoms with Crippen LogP contribution in [0, 0.1) is 0 Å². The van der Waals surface area contributed by atoms with Crippen LogP contribution in [0.2, 0.25) is 0 Å². The Morgan fingerprint density at radius 2 is 0.961 bits per heavy atom. The van der Waals surface area contributed by atoms with E-state index in [4.69, 9.17) is 4.74 Å². The molecule has 9 nitrogen and oxygen atoms in total. The maximum atomic E-state index is 11.3. The summed E-state index contributed by atoms with van der Waals surface area (Å²) in [7, 11) is 0. The van der Waals surface area contributed by atoms with Crippen LogP contribution >= 0.6 is 0 Å². The van der Waals surface area contributed by atoms with Crippen LogP contribution in [0.25, 0.3) is 11.6 Å². The third-order valence-electron chi connectivity index (χ3n) is 9.72. The van der Waals surface area contributed by atoms with E-state index in [-0.39, 0.29) is 46.0 Å². The summed E-state index contributed by atoms with van der Waals surface area (Å²) in [5, 5.41) is 84.2. The SMILES string of the molecule is Oc1ccc([C@@H]2c3c(O)cc(O)cc3/C(=C/c3ccc4c(c3)[C@H](c3cc(O)cc(O)c3)[C@@H](c3ccc(O)cc3)O4)[C@H]2c2cc(O)cc(O)c2)cc1. The summed E-state index contributed by atoms with van der Waals surface area (Å²) in [6.07, 6.45) is 1.36. The Balaban J connectivity index is 1.33. The first kappa shape index (κ1) is 31.5. The zero-order chi connectivity index (χ0) is 35.6. The zero-order valence-electron chi connectivity index (χ0n) is 26.8. The predicted molar refractivity (Wildman–Crippen MR) is 190 cm³/mol. The molecule has 9 heteroatoms. The minimum Gasteiger partial charge on any atom is -0.508 e. The van der Waals surface area contributed by atoms with Gasteiger partial charge in [0.1, 0.15) is 57.8 Å². The molecule has 1 aliphatic carbocycles. The second-order valence-corrected chi connectivity index (χ2v) is 13.0. The first-order valence-corrected chi connectivity index (χ1v) is 16.2. The van der Waals surface area contributed by atoms with Crippen LogP contribution in [0.4, 0.5) is 0 Å². The van der Waals surface area contributed by atoms with E-state index in [9.17, 15) is 40.9 Å². The minimum atomic E-state index is -0.580. The fourth-order valence-electron chi connectivity index (χ4n) is 7.71. The molecule has 6 aromatic rings. The summed E-state index contributed by atoms with van der Waals surface area (Å²) in [5.41, 5.74) is 5.94. The molecule has 0 saturated heterocycles. The van der Waals surface area contributed by atoms with E-state index in [1.54, 1.807) is 78.9 Å². The number of benzene rings is 6. The molecular weight excluding hydrogens is 648 g/mol. The monoisotopic (exact) mass is 680 g/mol. The van der Waals surface area contributed by atoms with E-state index in [1.807, 2.05) is 24.3 Å². The second-order valence-electron chi connectivity index (χ2n) is 13.0. The maximum absolute atomic E-state index is 11.3. The molecule has 0 bridgehead atoms. The first-order valence-electron chi connectivity index (χ1n) is 16.2. The van der Waals surface area contributed by atoms with Gasteiger partial charge in [0.05, 0.1) is 5.92 Å². The molecule has 0 amide bonds. The van der Waals surface area contributed by atoms with Crippen molar-refractivity contribution in [3.05, 3.63) is 160 Å². The zero-order valence-corrected chi connectivity index (χ0v) is 26.8. The summed E-state index contributed by atoms with van der Waals surface area (Å²) < 4.78 is 6.49. The van der Waals surface area contributed by atoms with Crippen molar-refractivity contribution in [1.29, 1.82) is 0 Å². The summed E-state index contributed by atoms with van der Waals surface area (Å²) in [5.74, 6) is -1.66. The van der Waals surface area contributed by atoms with Crippen LogP contribution in [0.3, 0.4) is 0 Å². The van der Waals surface area contributed by atoms with Gasteiger partial charge in [0.25, 0.3) is 0 Å².